The third kappa shape index (κ3) is 2.04. The van der Waals surface area contributed by atoms with E-state index >= 15 is 0 Å². The van der Waals surface area contributed by atoms with Crippen molar-refractivity contribution >= 4 is 17.5 Å². The van der Waals surface area contributed by atoms with Crippen LogP contribution < -0.4 is 4.90 Å². The van der Waals surface area contributed by atoms with E-state index in [0.29, 0.717) is 18.5 Å². The minimum absolute atomic E-state index is 0.0316. The largest absolute Gasteiger partial charge is 0.331 e. The highest BCUT2D eigenvalue weighted by Gasteiger charge is 2.61. The summed E-state index contributed by atoms with van der Waals surface area (Å²) in [4.78, 5) is 28.4. The van der Waals surface area contributed by atoms with Gasteiger partial charge < -0.3 is 9.80 Å². The van der Waals surface area contributed by atoms with E-state index in [4.69, 9.17) is 0 Å². The summed E-state index contributed by atoms with van der Waals surface area (Å²) in [7, 11) is 0. The maximum Gasteiger partial charge on any atom is 0.246 e. The van der Waals surface area contributed by atoms with E-state index in [2.05, 4.69) is 0 Å². The summed E-state index contributed by atoms with van der Waals surface area (Å²) in [6.07, 6.45) is 4.74. The van der Waals surface area contributed by atoms with Crippen LogP contribution in [0.3, 0.4) is 0 Å². The van der Waals surface area contributed by atoms with Gasteiger partial charge >= 0.3 is 0 Å². The number of carbonyl (C=O) groups is 2. The minimum atomic E-state index is 0.0316. The molecule has 0 radical (unpaired) electrons. The van der Waals surface area contributed by atoms with Crippen molar-refractivity contribution in [2.75, 3.05) is 24.5 Å². The number of rotatable bonds is 2. The van der Waals surface area contributed by atoms with Gasteiger partial charge in [-0.25, -0.2) is 0 Å². The molecule has 4 heteroatoms. The van der Waals surface area contributed by atoms with Gasteiger partial charge in [0.1, 0.15) is 6.54 Å². The molecule has 21 heavy (non-hydrogen) atoms. The Morgan fingerprint density at radius 2 is 1.90 bits per heavy atom. The Morgan fingerprint density at radius 3 is 2.48 bits per heavy atom. The zero-order valence-corrected chi connectivity index (χ0v) is 12.1. The van der Waals surface area contributed by atoms with Crippen LogP contribution in [0.15, 0.2) is 30.3 Å². The molecule has 1 saturated heterocycles. The third-order valence-corrected chi connectivity index (χ3v) is 5.44. The lowest BCUT2D eigenvalue weighted by atomic mass is 9.79. The smallest absolute Gasteiger partial charge is 0.246 e. The highest BCUT2D eigenvalue weighted by molar-refractivity contribution is 5.98. The number of hydrogen-bond donors (Lipinski definition) is 0. The van der Waals surface area contributed by atoms with Crippen molar-refractivity contribution in [3.63, 3.8) is 0 Å². The van der Waals surface area contributed by atoms with E-state index in [1.54, 1.807) is 9.80 Å². The quantitative estimate of drug-likeness (QED) is 0.834. The zero-order valence-electron chi connectivity index (χ0n) is 12.1. The number of nitrogens with zero attached hydrogens (tertiary/aromatic N) is 2. The summed E-state index contributed by atoms with van der Waals surface area (Å²) >= 11 is 0. The standard InChI is InChI=1S/C17H20N2O2/c20-15-12-18(16(21)14-11-17(14)7-4-8-17)9-10-19(15)13-5-2-1-3-6-13/h1-3,5-6,14H,4,7-12H2. The molecule has 4 rings (SSSR count). The fourth-order valence-electron chi connectivity index (χ4n) is 3.84. The summed E-state index contributed by atoms with van der Waals surface area (Å²) in [6.45, 7) is 1.50. The zero-order chi connectivity index (χ0) is 14.4. The van der Waals surface area contributed by atoms with Gasteiger partial charge in [-0.15, -0.1) is 0 Å². The Kier molecular flexibility index (Phi) is 2.81. The first kappa shape index (κ1) is 12.9. The van der Waals surface area contributed by atoms with E-state index in [9.17, 15) is 9.59 Å². The maximum absolute atomic E-state index is 12.5. The Morgan fingerprint density at radius 1 is 1.14 bits per heavy atom. The van der Waals surface area contributed by atoms with Crippen molar-refractivity contribution < 1.29 is 9.59 Å². The van der Waals surface area contributed by atoms with Crippen molar-refractivity contribution in [1.82, 2.24) is 4.90 Å². The van der Waals surface area contributed by atoms with Gasteiger partial charge in [0.15, 0.2) is 0 Å². The van der Waals surface area contributed by atoms with Crippen molar-refractivity contribution in [3.05, 3.63) is 30.3 Å². The first-order chi connectivity index (χ1) is 10.2. The monoisotopic (exact) mass is 284 g/mol. The molecule has 1 aromatic rings. The van der Waals surface area contributed by atoms with Crippen LogP contribution in [0.1, 0.15) is 25.7 Å². The Bertz CT molecular complexity index is 580. The molecule has 2 saturated carbocycles. The van der Waals surface area contributed by atoms with Crippen LogP contribution in [0.5, 0.6) is 0 Å². The molecule has 110 valence electrons. The van der Waals surface area contributed by atoms with Crippen LogP contribution in [0.2, 0.25) is 0 Å². The van der Waals surface area contributed by atoms with Gasteiger partial charge in [-0.05, 0) is 36.8 Å². The molecule has 3 fully saturated rings. The Balaban J connectivity index is 1.41. The van der Waals surface area contributed by atoms with Gasteiger partial charge in [0.25, 0.3) is 0 Å². The van der Waals surface area contributed by atoms with Gasteiger partial charge in [-0.3, -0.25) is 9.59 Å². The summed E-state index contributed by atoms with van der Waals surface area (Å²) in [5, 5.41) is 0. The van der Waals surface area contributed by atoms with Gasteiger partial charge in [-0.2, -0.15) is 0 Å². The highest BCUT2D eigenvalue weighted by Crippen LogP contribution is 2.65. The van der Waals surface area contributed by atoms with Gasteiger partial charge in [0.05, 0.1) is 0 Å². The topological polar surface area (TPSA) is 40.6 Å². The maximum atomic E-state index is 12.5. The van der Waals surface area contributed by atoms with Crippen molar-refractivity contribution in [1.29, 1.82) is 0 Å². The van der Waals surface area contributed by atoms with E-state index < -0.39 is 0 Å². The Hall–Kier alpha value is -1.84. The number of piperazine rings is 1. The summed E-state index contributed by atoms with van der Waals surface area (Å²) in [5.41, 5.74) is 1.27. The van der Waals surface area contributed by atoms with Crippen molar-refractivity contribution in [2.45, 2.75) is 25.7 Å². The van der Waals surface area contributed by atoms with Crippen LogP contribution in [-0.2, 0) is 9.59 Å². The van der Waals surface area contributed by atoms with E-state index in [1.807, 2.05) is 30.3 Å². The lowest BCUT2D eigenvalue weighted by Crippen LogP contribution is -2.53. The molecular formula is C17H20N2O2. The van der Waals surface area contributed by atoms with Gasteiger partial charge in [0, 0.05) is 24.7 Å². The molecule has 1 unspecified atom stereocenters. The predicted molar refractivity (Wildman–Crippen MR) is 79.8 cm³/mol. The molecule has 0 aromatic heterocycles. The van der Waals surface area contributed by atoms with Gasteiger partial charge in [0.2, 0.25) is 11.8 Å². The normalized spacial score (nSPS) is 26.7. The average Bonchev–Trinajstić information content (AvgIpc) is 3.23. The van der Waals surface area contributed by atoms with Crippen LogP contribution in [0, 0.1) is 11.3 Å². The fraction of sp³-hybridized carbons (Fsp3) is 0.529. The molecule has 4 nitrogen and oxygen atoms in total. The molecule has 1 heterocycles. The molecule has 2 amide bonds. The van der Waals surface area contributed by atoms with Crippen LogP contribution >= 0.6 is 0 Å². The molecule has 1 spiro atoms. The number of amides is 2. The molecule has 1 atom stereocenters. The number of para-hydroxylation sites is 1. The Labute approximate surface area is 124 Å². The highest BCUT2D eigenvalue weighted by atomic mass is 16.2. The molecule has 1 aromatic carbocycles. The average molecular weight is 284 g/mol. The molecule has 1 aliphatic heterocycles. The molecule has 0 bridgehead atoms. The number of anilines is 1. The third-order valence-electron chi connectivity index (χ3n) is 5.44. The summed E-state index contributed by atoms with van der Waals surface area (Å²) in [6, 6.07) is 9.70. The second kappa shape index (κ2) is 4.58. The van der Waals surface area contributed by atoms with Gasteiger partial charge in [-0.1, -0.05) is 24.6 Å². The first-order valence-corrected chi connectivity index (χ1v) is 7.84. The number of carbonyl (C=O) groups excluding carboxylic acids is 2. The van der Waals surface area contributed by atoms with E-state index in [-0.39, 0.29) is 24.3 Å². The molecule has 2 aliphatic carbocycles. The van der Waals surface area contributed by atoms with Crippen molar-refractivity contribution in [2.24, 2.45) is 11.3 Å². The first-order valence-electron chi connectivity index (χ1n) is 7.84. The van der Waals surface area contributed by atoms with Crippen LogP contribution in [0.4, 0.5) is 5.69 Å². The summed E-state index contributed by atoms with van der Waals surface area (Å²) < 4.78 is 0. The predicted octanol–water partition coefficient (Wildman–Crippen LogP) is 2.05. The lowest BCUT2D eigenvalue weighted by Gasteiger charge is -2.35. The second-order valence-corrected chi connectivity index (χ2v) is 6.61. The van der Waals surface area contributed by atoms with E-state index in [0.717, 1.165) is 12.1 Å². The summed E-state index contributed by atoms with van der Waals surface area (Å²) in [5.74, 6) is 0.460. The number of benzene rings is 1. The SMILES string of the molecule is O=C(C1CC12CCC2)N1CCN(c2ccccc2)C(=O)C1. The van der Waals surface area contributed by atoms with Crippen molar-refractivity contribution in [3.8, 4) is 0 Å². The number of hydrogen-bond acceptors (Lipinski definition) is 2. The molecule has 3 aliphatic rings. The molecular weight excluding hydrogens is 264 g/mol. The fourth-order valence-corrected chi connectivity index (χ4v) is 3.84. The molecule has 0 N–H and O–H groups in total. The van der Waals surface area contributed by atoms with Crippen LogP contribution in [0.25, 0.3) is 0 Å². The minimum Gasteiger partial charge on any atom is -0.331 e. The van der Waals surface area contributed by atoms with Crippen LogP contribution in [-0.4, -0.2) is 36.3 Å². The lowest BCUT2D eigenvalue weighted by molar-refractivity contribution is -0.139. The van der Waals surface area contributed by atoms with E-state index in [1.165, 1.54) is 19.3 Å². The second-order valence-electron chi connectivity index (χ2n) is 6.61.